The first-order valence-corrected chi connectivity index (χ1v) is 5.42. The van der Waals surface area contributed by atoms with Crippen molar-refractivity contribution < 1.29 is 13.5 Å². The summed E-state index contributed by atoms with van der Waals surface area (Å²) in [4.78, 5) is 0. The smallest absolute Gasteiger partial charge is 0.124 e. The zero-order valence-corrected chi connectivity index (χ0v) is 8.25. The number of rotatable bonds is 2. The topological polar surface area (TPSA) is 61.4 Å². The Hall–Kier alpha value is -0.910. The Morgan fingerprint density at radius 3 is 3.07 bits per heavy atom. The molecule has 76 valence electrons. The molecule has 1 aliphatic heterocycles. The first-order chi connectivity index (χ1) is 6.77. The van der Waals surface area contributed by atoms with E-state index in [1.54, 1.807) is 0 Å². The second-order valence-corrected chi connectivity index (χ2v) is 3.79. The molecular weight excluding hydrogens is 202 g/mol. The van der Waals surface area contributed by atoms with Crippen molar-refractivity contribution in [3.63, 3.8) is 0 Å². The standard InChI is InChI=1S/C9H11NO3S/c11-14(12)10-8-5-6-13-9-4-2-1-3-7(8)9/h1-4,8,10H,5-6H2,(H,11,12)/p-1. The van der Waals surface area contributed by atoms with Gasteiger partial charge in [0.1, 0.15) is 5.75 Å². The molecule has 0 saturated heterocycles. The molecule has 0 aromatic heterocycles. The SMILES string of the molecule is O=S([O-])NC1CCOc2ccccc21. The number of benzene rings is 1. The van der Waals surface area contributed by atoms with Crippen LogP contribution in [0.25, 0.3) is 0 Å². The van der Waals surface area contributed by atoms with Crippen LogP contribution in [0.2, 0.25) is 0 Å². The summed E-state index contributed by atoms with van der Waals surface area (Å²) in [5.74, 6) is 0.765. The first-order valence-electron chi connectivity index (χ1n) is 4.34. The third-order valence-electron chi connectivity index (χ3n) is 2.20. The number of nitrogens with one attached hydrogen (secondary N) is 1. The van der Waals surface area contributed by atoms with E-state index in [1.807, 2.05) is 24.3 Å². The molecule has 0 amide bonds. The Balaban J connectivity index is 2.26. The van der Waals surface area contributed by atoms with Crippen LogP contribution in [0.1, 0.15) is 18.0 Å². The van der Waals surface area contributed by atoms with Gasteiger partial charge < -0.3 is 9.29 Å². The molecule has 1 heterocycles. The molecule has 14 heavy (non-hydrogen) atoms. The van der Waals surface area contributed by atoms with Crippen LogP contribution in [0.3, 0.4) is 0 Å². The lowest BCUT2D eigenvalue weighted by molar-refractivity contribution is 0.262. The van der Waals surface area contributed by atoms with Gasteiger partial charge in [0.15, 0.2) is 0 Å². The second-order valence-electron chi connectivity index (χ2n) is 3.08. The van der Waals surface area contributed by atoms with Crippen molar-refractivity contribution in [3.8, 4) is 5.75 Å². The molecule has 2 unspecified atom stereocenters. The largest absolute Gasteiger partial charge is 0.760 e. The van der Waals surface area contributed by atoms with Crippen LogP contribution in [0.4, 0.5) is 0 Å². The van der Waals surface area contributed by atoms with Gasteiger partial charge in [0.25, 0.3) is 0 Å². The molecule has 1 aromatic carbocycles. The fraction of sp³-hybridized carbons (Fsp3) is 0.333. The third kappa shape index (κ3) is 1.95. The predicted octanol–water partition coefficient (Wildman–Crippen LogP) is 0.894. The molecule has 4 nitrogen and oxygen atoms in total. The molecule has 1 aliphatic rings. The lowest BCUT2D eigenvalue weighted by Crippen LogP contribution is -2.28. The van der Waals surface area contributed by atoms with E-state index in [4.69, 9.17) is 4.74 Å². The average molecular weight is 212 g/mol. The average Bonchev–Trinajstić information content (AvgIpc) is 2.18. The van der Waals surface area contributed by atoms with E-state index in [1.165, 1.54) is 0 Å². The van der Waals surface area contributed by atoms with Crippen molar-refractivity contribution in [1.29, 1.82) is 0 Å². The quantitative estimate of drug-likeness (QED) is 0.741. The summed E-state index contributed by atoms with van der Waals surface area (Å²) in [5, 5.41) is 0. The van der Waals surface area contributed by atoms with E-state index >= 15 is 0 Å². The van der Waals surface area contributed by atoms with Crippen LogP contribution in [0.5, 0.6) is 5.75 Å². The van der Waals surface area contributed by atoms with Crippen molar-refractivity contribution in [2.24, 2.45) is 0 Å². The van der Waals surface area contributed by atoms with Crippen LogP contribution in [-0.4, -0.2) is 15.4 Å². The summed E-state index contributed by atoms with van der Waals surface area (Å²) >= 11 is -2.23. The van der Waals surface area contributed by atoms with Crippen molar-refractivity contribution in [2.45, 2.75) is 12.5 Å². The Kier molecular flexibility index (Phi) is 2.81. The maximum Gasteiger partial charge on any atom is 0.124 e. The normalized spacial score (nSPS) is 22.2. The molecule has 2 rings (SSSR count). The molecule has 0 aliphatic carbocycles. The maximum absolute atomic E-state index is 10.5. The van der Waals surface area contributed by atoms with Gasteiger partial charge in [0.05, 0.1) is 12.6 Å². The van der Waals surface area contributed by atoms with E-state index in [0.29, 0.717) is 13.0 Å². The molecule has 0 radical (unpaired) electrons. The minimum absolute atomic E-state index is 0.154. The van der Waals surface area contributed by atoms with Gasteiger partial charge in [-0.05, 0) is 6.07 Å². The molecular formula is C9H10NO3S-. The Labute approximate surface area is 84.7 Å². The number of para-hydroxylation sites is 1. The number of fused-ring (bicyclic) bond motifs is 1. The zero-order chi connectivity index (χ0) is 9.97. The highest BCUT2D eigenvalue weighted by Crippen LogP contribution is 2.31. The van der Waals surface area contributed by atoms with Gasteiger partial charge in [-0.2, -0.15) is 0 Å². The summed E-state index contributed by atoms with van der Waals surface area (Å²) in [6.07, 6.45) is 0.672. The molecule has 0 bridgehead atoms. The molecule has 5 heteroatoms. The van der Waals surface area contributed by atoms with Gasteiger partial charge in [-0.1, -0.05) is 18.2 Å². The summed E-state index contributed by atoms with van der Waals surface area (Å²) in [7, 11) is 0. The van der Waals surface area contributed by atoms with Gasteiger partial charge in [-0.3, -0.25) is 4.21 Å². The highest BCUT2D eigenvalue weighted by Gasteiger charge is 2.20. The van der Waals surface area contributed by atoms with Crippen molar-refractivity contribution >= 4 is 11.3 Å². The predicted molar refractivity (Wildman–Crippen MR) is 51.4 cm³/mol. The Bertz CT molecular complexity index is 356. The molecule has 1 aromatic rings. The summed E-state index contributed by atoms with van der Waals surface area (Å²) in [5.41, 5.74) is 0.906. The van der Waals surface area contributed by atoms with Crippen LogP contribution < -0.4 is 9.46 Å². The zero-order valence-electron chi connectivity index (χ0n) is 7.43. The van der Waals surface area contributed by atoms with Crippen LogP contribution in [0.15, 0.2) is 24.3 Å². The lowest BCUT2D eigenvalue weighted by atomic mass is 10.0. The number of hydrogen-bond acceptors (Lipinski definition) is 3. The van der Waals surface area contributed by atoms with E-state index in [-0.39, 0.29) is 6.04 Å². The summed E-state index contributed by atoms with van der Waals surface area (Å²) in [6, 6.07) is 7.31. The molecule has 0 saturated carbocycles. The maximum atomic E-state index is 10.5. The van der Waals surface area contributed by atoms with Crippen molar-refractivity contribution in [2.75, 3.05) is 6.61 Å². The van der Waals surface area contributed by atoms with Crippen molar-refractivity contribution in [3.05, 3.63) is 29.8 Å². The van der Waals surface area contributed by atoms with Crippen molar-refractivity contribution in [1.82, 2.24) is 4.72 Å². The Morgan fingerprint density at radius 1 is 1.50 bits per heavy atom. The van der Waals surface area contributed by atoms with E-state index in [0.717, 1.165) is 11.3 Å². The van der Waals surface area contributed by atoms with E-state index < -0.39 is 11.3 Å². The minimum Gasteiger partial charge on any atom is -0.760 e. The minimum atomic E-state index is -2.23. The number of hydrogen-bond donors (Lipinski definition) is 1. The third-order valence-corrected chi connectivity index (χ3v) is 2.67. The highest BCUT2D eigenvalue weighted by molar-refractivity contribution is 7.77. The second kappa shape index (κ2) is 4.08. The first kappa shape index (κ1) is 9.64. The van der Waals surface area contributed by atoms with Crippen LogP contribution in [0, 0.1) is 0 Å². The van der Waals surface area contributed by atoms with Gasteiger partial charge in [0.2, 0.25) is 0 Å². The Morgan fingerprint density at radius 2 is 2.29 bits per heavy atom. The molecule has 1 N–H and O–H groups in total. The fourth-order valence-electron chi connectivity index (χ4n) is 1.58. The van der Waals surface area contributed by atoms with E-state index in [2.05, 4.69) is 4.72 Å². The molecule has 0 spiro atoms. The van der Waals surface area contributed by atoms with Gasteiger partial charge >= 0.3 is 0 Å². The lowest BCUT2D eigenvalue weighted by Gasteiger charge is -2.27. The highest BCUT2D eigenvalue weighted by atomic mass is 32.2. The molecule has 2 atom stereocenters. The molecule has 0 fully saturated rings. The number of ether oxygens (including phenoxy) is 1. The van der Waals surface area contributed by atoms with Gasteiger partial charge in [0, 0.05) is 23.3 Å². The van der Waals surface area contributed by atoms with Gasteiger partial charge in [-0.15, -0.1) is 0 Å². The monoisotopic (exact) mass is 212 g/mol. The van der Waals surface area contributed by atoms with Crippen LogP contribution in [-0.2, 0) is 11.3 Å². The van der Waals surface area contributed by atoms with Gasteiger partial charge in [-0.25, -0.2) is 4.72 Å². The van der Waals surface area contributed by atoms with Crippen LogP contribution >= 0.6 is 0 Å². The summed E-state index contributed by atoms with van der Waals surface area (Å²) < 4.78 is 28.9. The van der Waals surface area contributed by atoms with E-state index in [9.17, 15) is 8.76 Å². The summed E-state index contributed by atoms with van der Waals surface area (Å²) in [6.45, 7) is 0.548. The fourth-order valence-corrected chi connectivity index (χ4v) is 2.06.